The van der Waals surface area contributed by atoms with Gasteiger partial charge in [-0.05, 0) is 52.2 Å². The van der Waals surface area contributed by atoms with Gasteiger partial charge in [0.2, 0.25) is 0 Å². The molecule has 0 aromatic heterocycles. The van der Waals surface area contributed by atoms with Gasteiger partial charge in [-0.15, -0.1) is 0 Å². The van der Waals surface area contributed by atoms with Gasteiger partial charge in [0.05, 0.1) is 4.47 Å². The molecule has 1 nitrogen and oxygen atoms in total. The second-order valence-electron chi connectivity index (χ2n) is 4.37. The Morgan fingerprint density at radius 3 is 2.53 bits per heavy atom. The van der Waals surface area contributed by atoms with E-state index >= 15 is 0 Å². The van der Waals surface area contributed by atoms with E-state index in [1.807, 2.05) is 18.2 Å². The van der Waals surface area contributed by atoms with Crippen LogP contribution in [0.25, 0.3) is 0 Å². The lowest BCUT2D eigenvalue weighted by Gasteiger charge is -2.16. The summed E-state index contributed by atoms with van der Waals surface area (Å²) in [7, 11) is 0. The molecular formula is C15H14Br2FN. The SMILES string of the molecule is C[C@H](NCc1ccc(F)c(Br)c1)c1ccccc1Br. The molecule has 0 saturated carbocycles. The number of halogens is 3. The highest BCUT2D eigenvalue weighted by Gasteiger charge is 2.08. The standard InChI is InChI=1S/C15H14Br2FN/c1-10(12-4-2-3-5-13(12)16)19-9-11-6-7-15(18)14(17)8-11/h2-8,10,19H,9H2,1H3/t10-/m0/s1. The fraction of sp³-hybridized carbons (Fsp3) is 0.200. The molecule has 100 valence electrons. The molecule has 0 spiro atoms. The lowest BCUT2D eigenvalue weighted by Crippen LogP contribution is -2.18. The van der Waals surface area contributed by atoms with Gasteiger partial charge in [-0.25, -0.2) is 4.39 Å². The summed E-state index contributed by atoms with van der Waals surface area (Å²) in [4.78, 5) is 0. The Bertz CT molecular complexity index is 572. The smallest absolute Gasteiger partial charge is 0.137 e. The molecule has 0 heterocycles. The molecule has 0 aliphatic carbocycles. The Kier molecular flexibility index (Phi) is 5.13. The van der Waals surface area contributed by atoms with Crippen LogP contribution in [0, 0.1) is 5.82 Å². The zero-order chi connectivity index (χ0) is 13.8. The first-order valence-electron chi connectivity index (χ1n) is 5.99. The van der Waals surface area contributed by atoms with E-state index in [4.69, 9.17) is 0 Å². The quantitative estimate of drug-likeness (QED) is 0.761. The van der Waals surface area contributed by atoms with E-state index < -0.39 is 0 Å². The van der Waals surface area contributed by atoms with Crippen LogP contribution in [0.4, 0.5) is 4.39 Å². The average molecular weight is 387 g/mol. The molecule has 4 heteroatoms. The number of hydrogen-bond acceptors (Lipinski definition) is 1. The third-order valence-corrected chi connectivity index (χ3v) is 4.30. The van der Waals surface area contributed by atoms with E-state index in [0.29, 0.717) is 11.0 Å². The second-order valence-corrected chi connectivity index (χ2v) is 6.08. The largest absolute Gasteiger partial charge is 0.306 e. The highest BCUT2D eigenvalue weighted by molar-refractivity contribution is 9.10. The predicted molar refractivity (Wildman–Crippen MR) is 83.5 cm³/mol. The van der Waals surface area contributed by atoms with Gasteiger partial charge in [-0.3, -0.25) is 0 Å². The summed E-state index contributed by atoms with van der Waals surface area (Å²) in [5.41, 5.74) is 2.26. The van der Waals surface area contributed by atoms with Crippen molar-refractivity contribution in [1.29, 1.82) is 0 Å². The number of rotatable bonds is 4. The maximum atomic E-state index is 13.1. The van der Waals surface area contributed by atoms with Crippen LogP contribution in [-0.4, -0.2) is 0 Å². The van der Waals surface area contributed by atoms with Crippen LogP contribution >= 0.6 is 31.9 Å². The Hall–Kier alpha value is -0.710. The molecule has 2 aromatic rings. The fourth-order valence-corrected chi connectivity index (χ4v) is 2.91. The zero-order valence-corrected chi connectivity index (χ0v) is 13.6. The van der Waals surface area contributed by atoms with Gasteiger partial charge in [-0.1, -0.05) is 40.2 Å². The molecule has 19 heavy (non-hydrogen) atoms. The third-order valence-electron chi connectivity index (χ3n) is 2.97. The van der Waals surface area contributed by atoms with E-state index in [-0.39, 0.29) is 11.9 Å². The van der Waals surface area contributed by atoms with Gasteiger partial charge < -0.3 is 5.32 Å². The zero-order valence-electron chi connectivity index (χ0n) is 10.5. The van der Waals surface area contributed by atoms with Crippen LogP contribution in [0.5, 0.6) is 0 Å². The summed E-state index contributed by atoms with van der Waals surface area (Å²) < 4.78 is 14.7. The normalized spacial score (nSPS) is 12.4. The molecule has 1 atom stereocenters. The van der Waals surface area contributed by atoms with Crippen molar-refractivity contribution in [2.24, 2.45) is 0 Å². The van der Waals surface area contributed by atoms with Crippen molar-refractivity contribution in [2.45, 2.75) is 19.5 Å². The van der Waals surface area contributed by atoms with Gasteiger partial charge in [0, 0.05) is 17.1 Å². The van der Waals surface area contributed by atoms with Crippen molar-refractivity contribution in [2.75, 3.05) is 0 Å². The van der Waals surface area contributed by atoms with Crippen molar-refractivity contribution in [1.82, 2.24) is 5.32 Å². The Labute approximate surface area is 129 Å². The van der Waals surface area contributed by atoms with Crippen LogP contribution in [0.1, 0.15) is 24.1 Å². The Morgan fingerprint density at radius 2 is 1.84 bits per heavy atom. The number of hydrogen-bond donors (Lipinski definition) is 1. The van der Waals surface area contributed by atoms with Crippen LogP contribution in [0.3, 0.4) is 0 Å². The summed E-state index contributed by atoms with van der Waals surface area (Å²) in [6.45, 7) is 2.81. The van der Waals surface area contributed by atoms with Crippen LogP contribution in [0.2, 0.25) is 0 Å². The molecule has 1 N–H and O–H groups in total. The minimum Gasteiger partial charge on any atom is -0.306 e. The van der Waals surface area contributed by atoms with Crippen LogP contribution in [0.15, 0.2) is 51.4 Å². The number of benzene rings is 2. The van der Waals surface area contributed by atoms with Gasteiger partial charge >= 0.3 is 0 Å². The molecule has 0 saturated heterocycles. The molecule has 0 aliphatic heterocycles. The lowest BCUT2D eigenvalue weighted by molar-refractivity contribution is 0.570. The predicted octanol–water partition coefficient (Wildman–Crippen LogP) is 5.20. The lowest BCUT2D eigenvalue weighted by atomic mass is 10.1. The molecule has 0 unspecified atom stereocenters. The topological polar surface area (TPSA) is 12.0 Å². The minimum absolute atomic E-state index is 0.222. The monoisotopic (exact) mass is 385 g/mol. The van der Waals surface area contributed by atoms with Crippen molar-refractivity contribution < 1.29 is 4.39 Å². The van der Waals surface area contributed by atoms with E-state index in [2.05, 4.69) is 50.2 Å². The Balaban J connectivity index is 2.02. The van der Waals surface area contributed by atoms with Crippen molar-refractivity contribution in [3.8, 4) is 0 Å². The van der Waals surface area contributed by atoms with Crippen molar-refractivity contribution in [3.63, 3.8) is 0 Å². The molecule has 0 amide bonds. The molecule has 0 radical (unpaired) electrons. The van der Waals surface area contributed by atoms with Crippen LogP contribution < -0.4 is 5.32 Å². The number of nitrogens with one attached hydrogen (secondary N) is 1. The second kappa shape index (κ2) is 6.64. The van der Waals surface area contributed by atoms with Gasteiger partial charge in [0.25, 0.3) is 0 Å². The molecule has 2 aromatic carbocycles. The van der Waals surface area contributed by atoms with Crippen molar-refractivity contribution in [3.05, 3.63) is 68.4 Å². The van der Waals surface area contributed by atoms with E-state index in [9.17, 15) is 4.39 Å². The first-order valence-corrected chi connectivity index (χ1v) is 7.58. The average Bonchev–Trinajstić information content (AvgIpc) is 2.40. The summed E-state index contributed by atoms with van der Waals surface area (Å²) >= 11 is 6.75. The fourth-order valence-electron chi connectivity index (χ4n) is 1.86. The highest BCUT2D eigenvalue weighted by Crippen LogP contribution is 2.23. The highest BCUT2D eigenvalue weighted by atomic mass is 79.9. The molecule has 2 rings (SSSR count). The molecular weight excluding hydrogens is 373 g/mol. The van der Waals surface area contributed by atoms with E-state index in [1.54, 1.807) is 12.1 Å². The summed E-state index contributed by atoms with van der Waals surface area (Å²) in [5, 5.41) is 3.43. The molecule has 0 aliphatic rings. The Morgan fingerprint density at radius 1 is 1.11 bits per heavy atom. The van der Waals surface area contributed by atoms with Gasteiger partial charge in [0.15, 0.2) is 0 Å². The van der Waals surface area contributed by atoms with Crippen molar-refractivity contribution >= 4 is 31.9 Å². The third kappa shape index (κ3) is 3.88. The van der Waals surface area contributed by atoms with Gasteiger partial charge in [0.1, 0.15) is 5.82 Å². The van der Waals surface area contributed by atoms with Gasteiger partial charge in [-0.2, -0.15) is 0 Å². The summed E-state index contributed by atoms with van der Waals surface area (Å²) in [6.07, 6.45) is 0. The maximum Gasteiger partial charge on any atom is 0.137 e. The first-order chi connectivity index (χ1) is 9.08. The molecule has 0 fully saturated rings. The summed E-state index contributed by atoms with van der Waals surface area (Å²) in [5.74, 6) is -0.234. The summed E-state index contributed by atoms with van der Waals surface area (Å²) in [6, 6.07) is 13.4. The van der Waals surface area contributed by atoms with Crippen LogP contribution in [-0.2, 0) is 6.54 Å². The molecule has 0 bridgehead atoms. The minimum atomic E-state index is -0.234. The van der Waals surface area contributed by atoms with E-state index in [1.165, 1.54) is 11.6 Å². The maximum absolute atomic E-state index is 13.1. The van der Waals surface area contributed by atoms with E-state index in [0.717, 1.165) is 10.0 Å². The first kappa shape index (κ1) is 14.7.